The molecular formula is C45H30N4O. The Balaban J connectivity index is 1.17. The number of hydrogen-bond donors (Lipinski definition) is 0. The molecule has 0 unspecified atom stereocenters. The highest BCUT2D eigenvalue weighted by molar-refractivity contribution is 6.15. The first-order valence-corrected chi connectivity index (χ1v) is 17.0. The number of furan rings is 1. The van der Waals surface area contributed by atoms with E-state index in [2.05, 4.69) is 95.6 Å². The smallest absolute Gasteiger partial charge is 0.167 e. The van der Waals surface area contributed by atoms with E-state index in [0.29, 0.717) is 17.5 Å². The molecule has 0 spiro atoms. The van der Waals surface area contributed by atoms with E-state index in [1.165, 1.54) is 27.5 Å². The fourth-order valence-corrected chi connectivity index (χ4v) is 7.34. The van der Waals surface area contributed by atoms with E-state index in [-0.39, 0.29) is 0 Å². The largest absolute Gasteiger partial charge is 0.455 e. The van der Waals surface area contributed by atoms with E-state index >= 15 is 0 Å². The van der Waals surface area contributed by atoms with Crippen LogP contribution in [0.15, 0.2) is 162 Å². The van der Waals surface area contributed by atoms with E-state index in [9.17, 15) is 0 Å². The summed E-state index contributed by atoms with van der Waals surface area (Å²) in [5.74, 6) is 1.81. The number of nitrogens with zero attached hydrogens (tertiary/aromatic N) is 4. The maximum atomic E-state index is 6.89. The van der Waals surface area contributed by atoms with Crippen molar-refractivity contribution in [2.45, 2.75) is 12.8 Å². The first-order chi connectivity index (χ1) is 24.8. The van der Waals surface area contributed by atoms with Crippen LogP contribution >= 0.6 is 0 Å². The summed E-state index contributed by atoms with van der Waals surface area (Å²) >= 11 is 0. The molecule has 0 saturated carbocycles. The molecule has 3 aromatic heterocycles. The highest BCUT2D eigenvalue weighted by atomic mass is 16.3. The average molecular weight is 643 g/mol. The normalized spacial score (nSPS) is 13.1. The maximum Gasteiger partial charge on any atom is 0.167 e. The minimum atomic E-state index is 0.573. The van der Waals surface area contributed by atoms with Crippen LogP contribution in [0.2, 0.25) is 0 Å². The summed E-state index contributed by atoms with van der Waals surface area (Å²) < 4.78 is 9.28. The summed E-state index contributed by atoms with van der Waals surface area (Å²) in [7, 11) is 0. The Hall–Kier alpha value is -6.59. The van der Waals surface area contributed by atoms with E-state index < -0.39 is 0 Å². The van der Waals surface area contributed by atoms with Gasteiger partial charge in [0.2, 0.25) is 0 Å². The van der Waals surface area contributed by atoms with Gasteiger partial charge in [0.05, 0.1) is 16.6 Å². The second-order valence-corrected chi connectivity index (χ2v) is 12.7. The fourth-order valence-electron chi connectivity index (χ4n) is 7.34. The Bertz CT molecular complexity index is 2750. The van der Waals surface area contributed by atoms with Gasteiger partial charge in [0.15, 0.2) is 17.5 Å². The highest BCUT2D eigenvalue weighted by Crippen LogP contribution is 2.42. The quantitative estimate of drug-likeness (QED) is 0.187. The van der Waals surface area contributed by atoms with Gasteiger partial charge in [-0.05, 0) is 48.7 Å². The number of para-hydroxylation sites is 3. The Morgan fingerprint density at radius 2 is 1.06 bits per heavy atom. The van der Waals surface area contributed by atoms with E-state index in [0.717, 1.165) is 62.6 Å². The molecule has 50 heavy (non-hydrogen) atoms. The molecule has 236 valence electrons. The Labute approximate surface area is 288 Å². The Kier molecular flexibility index (Phi) is 6.56. The van der Waals surface area contributed by atoms with Crippen molar-refractivity contribution in [3.63, 3.8) is 0 Å². The lowest BCUT2D eigenvalue weighted by Gasteiger charge is -2.12. The molecule has 0 fully saturated rings. The zero-order valence-electron chi connectivity index (χ0n) is 27.1. The number of benzene rings is 6. The van der Waals surface area contributed by atoms with Crippen molar-refractivity contribution in [1.82, 2.24) is 19.5 Å². The van der Waals surface area contributed by atoms with Gasteiger partial charge in [-0.15, -0.1) is 0 Å². The van der Waals surface area contributed by atoms with Crippen molar-refractivity contribution in [3.8, 4) is 45.3 Å². The van der Waals surface area contributed by atoms with Crippen LogP contribution < -0.4 is 0 Å². The zero-order valence-corrected chi connectivity index (χ0v) is 27.1. The zero-order chi connectivity index (χ0) is 33.0. The predicted octanol–water partition coefficient (Wildman–Crippen LogP) is 11.7. The standard InChI is InChI=1S/C45H30N4O/c1-4-14-29(15-5-1)43-46-44(30-16-6-2-7-17-30)48-45(47-43)37-24-13-23-36-35-22-12-21-33(41(35)50-42(36)37)31-26-27-40-38(28-31)34-20-10-11-25-39(34)49(40)32-18-8-3-9-19-32/h1-2,4-8,10-28H,3,9H2. The molecule has 0 saturated heterocycles. The summed E-state index contributed by atoms with van der Waals surface area (Å²) in [4.78, 5) is 14.9. The number of allylic oxidation sites excluding steroid dienone is 4. The van der Waals surface area contributed by atoms with Crippen molar-refractivity contribution in [2.75, 3.05) is 0 Å². The van der Waals surface area contributed by atoms with Crippen LogP contribution in [0.25, 0.3) is 94.7 Å². The summed E-state index contributed by atoms with van der Waals surface area (Å²) in [5.41, 5.74) is 10.1. The number of fused-ring (bicyclic) bond motifs is 6. The lowest BCUT2D eigenvalue weighted by molar-refractivity contribution is 0.670. The van der Waals surface area contributed by atoms with Gasteiger partial charge in [-0.2, -0.15) is 0 Å². The molecule has 5 heteroatoms. The molecule has 0 bridgehead atoms. The first-order valence-electron chi connectivity index (χ1n) is 17.0. The number of rotatable bonds is 5. The van der Waals surface area contributed by atoms with Crippen LogP contribution in [0, 0.1) is 0 Å². The van der Waals surface area contributed by atoms with Crippen LogP contribution in [0.1, 0.15) is 12.8 Å². The Morgan fingerprint density at radius 1 is 0.460 bits per heavy atom. The van der Waals surface area contributed by atoms with Gasteiger partial charge < -0.3 is 8.98 Å². The maximum absolute atomic E-state index is 6.89. The molecule has 5 nitrogen and oxygen atoms in total. The SMILES string of the molecule is C1=CC(n2c3ccccc3c3cc(-c4cccc5c4oc4c(-c6nc(-c7ccccc7)nc(-c7ccccc7)n6)cccc45)ccc32)=CCC1. The van der Waals surface area contributed by atoms with Gasteiger partial charge in [0.1, 0.15) is 11.2 Å². The molecule has 1 aliphatic carbocycles. The summed E-state index contributed by atoms with van der Waals surface area (Å²) in [6, 6.07) is 48.2. The molecule has 3 heterocycles. The van der Waals surface area contributed by atoms with Gasteiger partial charge in [-0.3, -0.25) is 0 Å². The van der Waals surface area contributed by atoms with E-state index in [4.69, 9.17) is 19.4 Å². The van der Waals surface area contributed by atoms with Crippen LogP contribution in [0.3, 0.4) is 0 Å². The monoisotopic (exact) mass is 642 g/mol. The summed E-state index contributed by atoms with van der Waals surface area (Å²) in [6.07, 6.45) is 8.99. The van der Waals surface area contributed by atoms with Crippen molar-refractivity contribution in [3.05, 3.63) is 158 Å². The van der Waals surface area contributed by atoms with Crippen LogP contribution in [0.5, 0.6) is 0 Å². The van der Waals surface area contributed by atoms with E-state index in [1.54, 1.807) is 0 Å². The first kappa shape index (κ1) is 28.4. The lowest BCUT2D eigenvalue weighted by Crippen LogP contribution is -2.00. The second-order valence-electron chi connectivity index (χ2n) is 12.7. The molecular weight excluding hydrogens is 613 g/mol. The molecule has 9 aromatic rings. The molecule has 0 atom stereocenters. The van der Waals surface area contributed by atoms with Gasteiger partial charge in [-0.25, -0.2) is 15.0 Å². The number of aromatic nitrogens is 4. The van der Waals surface area contributed by atoms with Crippen molar-refractivity contribution in [1.29, 1.82) is 0 Å². The molecule has 1 aliphatic rings. The van der Waals surface area contributed by atoms with Crippen LogP contribution in [0.4, 0.5) is 0 Å². The van der Waals surface area contributed by atoms with Crippen molar-refractivity contribution in [2.24, 2.45) is 0 Å². The van der Waals surface area contributed by atoms with Gasteiger partial charge in [-0.1, -0.05) is 127 Å². The van der Waals surface area contributed by atoms with Gasteiger partial charge >= 0.3 is 0 Å². The molecule has 0 radical (unpaired) electrons. The summed E-state index contributed by atoms with van der Waals surface area (Å²) in [5, 5.41) is 4.54. The molecule has 0 aliphatic heterocycles. The summed E-state index contributed by atoms with van der Waals surface area (Å²) in [6.45, 7) is 0. The third kappa shape index (κ3) is 4.59. The van der Waals surface area contributed by atoms with Crippen LogP contribution in [-0.2, 0) is 0 Å². The van der Waals surface area contributed by atoms with Gasteiger partial charge in [0, 0.05) is 43.9 Å². The molecule has 0 N–H and O–H groups in total. The van der Waals surface area contributed by atoms with Crippen molar-refractivity contribution >= 4 is 49.4 Å². The Morgan fingerprint density at radius 3 is 1.76 bits per heavy atom. The molecule has 0 amide bonds. The van der Waals surface area contributed by atoms with Crippen LogP contribution in [-0.4, -0.2) is 19.5 Å². The predicted molar refractivity (Wildman–Crippen MR) is 204 cm³/mol. The fraction of sp³-hybridized carbons (Fsp3) is 0.0444. The second kappa shape index (κ2) is 11.5. The van der Waals surface area contributed by atoms with Crippen molar-refractivity contribution < 1.29 is 4.42 Å². The minimum Gasteiger partial charge on any atom is -0.455 e. The third-order valence-corrected chi connectivity index (χ3v) is 9.68. The lowest BCUT2D eigenvalue weighted by atomic mass is 10.00. The van der Waals surface area contributed by atoms with E-state index in [1.807, 2.05) is 66.7 Å². The third-order valence-electron chi connectivity index (χ3n) is 9.68. The molecule has 10 rings (SSSR count). The number of hydrogen-bond acceptors (Lipinski definition) is 4. The minimum absolute atomic E-state index is 0.573. The topological polar surface area (TPSA) is 56.7 Å². The molecule has 6 aromatic carbocycles. The highest BCUT2D eigenvalue weighted by Gasteiger charge is 2.20. The van der Waals surface area contributed by atoms with Gasteiger partial charge in [0.25, 0.3) is 0 Å². The average Bonchev–Trinajstić information content (AvgIpc) is 3.74.